The van der Waals surface area contributed by atoms with Crippen molar-refractivity contribution in [2.24, 2.45) is 5.73 Å². The van der Waals surface area contributed by atoms with Crippen LogP contribution < -0.4 is 5.73 Å². The van der Waals surface area contributed by atoms with Gasteiger partial charge in [-0.1, -0.05) is 30.4 Å². The molecule has 0 amide bonds. The fourth-order valence-corrected chi connectivity index (χ4v) is 2.14. The monoisotopic (exact) mass is 253 g/mol. The van der Waals surface area contributed by atoms with E-state index in [2.05, 4.69) is 9.97 Å². The molecule has 0 aliphatic rings. The first kappa shape index (κ1) is 10.9. The van der Waals surface area contributed by atoms with Gasteiger partial charge in [0.05, 0.1) is 11.0 Å². The van der Waals surface area contributed by atoms with Crippen molar-refractivity contribution in [2.75, 3.05) is 0 Å². The van der Waals surface area contributed by atoms with E-state index in [1.165, 1.54) is 0 Å². The van der Waals surface area contributed by atoms with Crippen molar-refractivity contribution in [2.45, 2.75) is 0 Å². The van der Waals surface area contributed by atoms with Crippen LogP contribution in [0.1, 0.15) is 5.56 Å². The number of benzene rings is 1. The molecular formula is C14H11N3S. The van der Waals surface area contributed by atoms with Gasteiger partial charge in [-0.25, -0.2) is 0 Å². The quantitative estimate of drug-likeness (QED) is 0.690. The first-order valence-electron chi connectivity index (χ1n) is 5.58. The summed E-state index contributed by atoms with van der Waals surface area (Å²) in [5.74, 6) is 0. The number of nitrogens with zero attached hydrogens (tertiary/aromatic N) is 1. The van der Waals surface area contributed by atoms with Gasteiger partial charge in [-0.15, -0.1) is 0 Å². The SMILES string of the molecule is NC(=S)c1cccc(-c2c[nH]c3cccnc23)c1. The molecule has 0 aliphatic carbocycles. The van der Waals surface area contributed by atoms with Gasteiger partial charge in [0.1, 0.15) is 4.99 Å². The second-order valence-electron chi connectivity index (χ2n) is 4.05. The summed E-state index contributed by atoms with van der Waals surface area (Å²) >= 11 is 5.00. The molecule has 0 saturated heterocycles. The Hall–Kier alpha value is -2.20. The molecule has 2 heterocycles. The summed E-state index contributed by atoms with van der Waals surface area (Å²) in [7, 11) is 0. The third-order valence-electron chi connectivity index (χ3n) is 2.89. The van der Waals surface area contributed by atoms with Crippen LogP contribution in [0.15, 0.2) is 48.8 Å². The van der Waals surface area contributed by atoms with Gasteiger partial charge in [-0.2, -0.15) is 0 Å². The molecule has 88 valence electrons. The molecule has 0 radical (unpaired) electrons. The number of hydrogen-bond acceptors (Lipinski definition) is 2. The zero-order chi connectivity index (χ0) is 12.5. The van der Waals surface area contributed by atoms with Crippen LogP contribution in [-0.2, 0) is 0 Å². The lowest BCUT2D eigenvalue weighted by Gasteiger charge is -2.02. The molecule has 1 aromatic carbocycles. The zero-order valence-corrected chi connectivity index (χ0v) is 10.4. The molecule has 0 saturated carbocycles. The second-order valence-corrected chi connectivity index (χ2v) is 4.49. The maximum Gasteiger partial charge on any atom is 0.104 e. The maximum atomic E-state index is 5.66. The van der Waals surface area contributed by atoms with E-state index < -0.39 is 0 Å². The first-order chi connectivity index (χ1) is 8.75. The molecule has 2 aromatic heterocycles. The Labute approximate surface area is 110 Å². The van der Waals surface area contributed by atoms with Crippen LogP contribution in [0.25, 0.3) is 22.2 Å². The number of rotatable bonds is 2. The Morgan fingerprint density at radius 3 is 2.94 bits per heavy atom. The Morgan fingerprint density at radius 1 is 1.22 bits per heavy atom. The third kappa shape index (κ3) is 1.76. The minimum absolute atomic E-state index is 0.407. The lowest BCUT2D eigenvalue weighted by atomic mass is 10.0. The van der Waals surface area contributed by atoms with Crippen LogP contribution in [0, 0.1) is 0 Å². The van der Waals surface area contributed by atoms with Crippen LogP contribution in [0.4, 0.5) is 0 Å². The second kappa shape index (κ2) is 4.23. The number of thiocarbonyl (C=S) groups is 1. The average molecular weight is 253 g/mol. The topological polar surface area (TPSA) is 54.7 Å². The van der Waals surface area contributed by atoms with Gasteiger partial charge in [-0.3, -0.25) is 4.98 Å². The minimum Gasteiger partial charge on any atom is -0.389 e. The van der Waals surface area contributed by atoms with E-state index in [4.69, 9.17) is 18.0 Å². The highest BCUT2D eigenvalue weighted by Gasteiger charge is 2.07. The lowest BCUT2D eigenvalue weighted by Crippen LogP contribution is -2.08. The van der Waals surface area contributed by atoms with Crippen LogP contribution in [0.3, 0.4) is 0 Å². The molecule has 3 nitrogen and oxygen atoms in total. The van der Waals surface area contributed by atoms with Gasteiger partial charge in [0.15, 0.2) is 0 Å². The van der Waals surface area contributed by atoms with Crippen molar-refractivity contribution in [1.82, 2.24) is 9.97 Å². The van der Waals surface area contributed by atoms with Crippen molar-refractivity contribution >= 4 is 28.2 Å². The smallest absolute Gasteiger partial charge is 0.104 e. The summed E-state index contributed by atoms with van der Waals surface area (Å²) in [6.07, 6.45) is 3.74. The fourth-order valence-electron chi connectivity index (χ4n) is 2.01. The Morgan fingerprint density at radius 2 is 2.11 bits per heavy atom. The highest BCUT2D eigenvalue weighted by Crippen LogP contribution is 2.27. The predicted octanol–water partition coefficient (Wildman–Crippen LogP) is 2.86. The molecule has 0 aliphatic heterocycles. The molecule has 0 bridgehead atoms. The highest BCUT2D eigenvalue weighted by atomic mass is 32.1. The van der Waals surface area contributed by atoms with Crippen LogP contribution in [0.2, 0.25) is 0 Å². The van der Waals surface area contributed by atoms with E-state index in [0.717, 1.165) is 27.7 Å². The molecule has 3 N–H and O–H groups in total. The molecule has 0 spiro atoms. The van der Waals surface area contributed by atoms with E-state index in [1.54, 1.807) is 6.20 Å². The largest absolute Gasteiger partial charge is 0.389 e. The number of nitrogens with two attached hydrogens (primary N) is 1. The Balaban J connectivity index is 2.20. The van der Waals surface area contributed by atoms with Crippen LogP contribution >= 0.6 is 12.2 Å². The van der Waals surface area contributed by atoms with Crippen molar-refractivity contribution < 1.29 is 0 Å². The van der Waals surface area contributed by atoms with Crippen molar-refractivity contribution in [3.05, 3.63) is 54.4 Å². The van der Waals surface area contributed by atoms with E-state index in [1.807, 2.05) is 42.6 Å². The van der Waals surface area contributed by atoms with Crippen molar-refractivity contribution in [1.29, 1.82) is 0 Å². The van der Waals surface area contributed by atoms with Crippen LogP contribution in [0.5, 0.6) is 0 Å². The summed E-state index contributed by atoms with van der Waals surface area (Å²) in [6, 6.07) is 11.8. The summed E-state index contributed by atoms with van der Waals surface area (Å²) in [6.45, 7) is 0. The summed E-state index contributed by atoms with van der Waals surface area (Å²) < 4.78 is 0. The normalized spacial score (nSPS) is 10.7. The summed E-state index contributed by atoms with van der Waals surface area (Å²) in [4.78, 5) is 8.01. The van der Waals surface area contributed by atoms with E-state index in [-0.39, 0.29) is 0 Å². The lowest BCUT2D eigenvalue weighted by molar-refractivity contribution is 1.41. The molecule has 18 heavy (non-hydrogen) atoms. The number of H-pyrrole nitrogens is 1. The average Bonchev–Trinajstić information content (AvgIpc) is 2.82. The van der Waals surface area contributed by atoms with Gasteiger partial charge < -0.3 is 10.7 Å². The summed E-state index contributed by atoms with van der Waals surface area (Å²) in [5.41, 5.74) is 10.6. The standard InChI is InChI=1S/C14H11N3S/c15-14(18)10-4-1-3-9(7-10)11-8-17-12-5-2-6-16-13(11)12/h1-8,17H,(H2,15,18). The minimum atomic E-state index is 0.407. The predicted molar refractivity (Wildman–Crippen MR) is 77.4 cm³/mol. The number of fused-ring (bicyclic) bond motifs is 1. The highest BCUT2D eigenvalue weighted by molar-refractivity contribution is 7.80. The molecule has 0 fully saturated rings. The molecule has 3 aromatic rings. The molecule has 0 atom stereocenters. The van der Waals surface area contributed by atoms with Gasteiger partial charge >= 0.3 is 0 Å². The van der Waals surface area contributed by atoms with Crippen molar-refractivity contribution in [3.63, 3.8) is 0 Å². The third-order valence-corrected chi connectivity index (χ3v) is 3.13. The number of hydrogen-bond donors (Lipinski definition) is 2. The van der Waals surface area contributed by atoms with E-state index in [0.29, 0.717) is 4.99 Å². The van der Waals surface area contributed by atoms with Crippen LogP contribution in [-0.4, -0.2) is 15.0 Å². The maximum absolute atomic E-state index is 5.66. The number of nitrogens with one attached hydrogen (secondary N) is 1. The Kier molecular flexibility index (Phi) is 2.57. The first-order valence-corrected chi connectivity index (χ1v) is 5.99. The van der Waals surface area contributed by atoms with E-state index >= 15 is 0 Å². The number of pyridine rings is 1. The van der Waals surface area contributed by atoms with Gasteiger partial charge in [0.2, 0.25) is 0 Å². The summed E-state index contributed by atoms with van der Waals surface area (Å²) in [5, 5.41) is 0. The van der Waals surface area contributed by atoms with Crippen molar-refractivity contribution in [3.8, 4) is 11.1 Å². The molecule has 3 rings (SSSR count). The molecule has 0 unspecified atom stereocenters. The van der Waals surface area contributed by atoms with E-state index in [9.17, 15) is 0 Å². The number of aromatic nitrogens is 2. The Bertz CT molecular complexity index is 730. The van der Waals surface area contributed by atoms with Gasteiger partial charge in [-0.05, 0) is 23.8 Å². The van der Waals surface area contributed by atoms with Gasteiger partial charge in [0.25, 0.3) is 0 Å². The molecule has 4 heteroatoms. The fraction of sp³-hybridized carbons (Fsp3) is 0. The molecular weight excluding hydrogens is 242 g/mol. The van der Waals surface area contributed by atoms with Gasteiger partial charge in [0, 0.05) is 23.5 Å². The zero-order valence-electron chi connectivity index (χ0n) is 9.55. The number of aromatic amines is 1.